The van der Waals surface area contributed by atoms with Gasteiger partial charge in [-0.1, -0.05) is 35.9 Å². The number of nitrogens with one attached hydrogen (secondary N) is 2. The Balaban J connectivity index is 1.49. The van der Waals surface area contributed by atoms with Crippen LogP contribution in [0.15, 0.2) is 85.2 Å². The number of aromatic amines is 1. The van der Waals surface area contributed by atoms with E-state index in [1.807, 2.05) is 37.3 Å². The Bertz CT molecular complexity index is 1560. The third kappa shape index (κ3) is 5.56. The monoisotopic (exact) mass is 499 g/mol. The maximum atomic E-state index is 14.0. The molecule has 0 spiro atoms. The van der Waals surface area contributed by atoms with Crippen LogP contribution in [0.25, 0.3) is 22.0 Å². The van der Waals surface area contributed by atoms with Gasteiger partial charge in [-0.25, -0.2) is 13.2 Å². The largest absolute Gasteiger partial charge is 0.361 e. The summed E-state index contributed by atoms with van der Waals surface area (Å²) in [5, 5.41) is 3.63. The lowest BCUT2D eigenvalue weighted by atomic mass is 9.95. The number of pyridine rings is 1. The van der Waals surface area contributed by atoms with Gasteiger partial charge in [-0.15, -0.1) is 0 Å². The van der Waals surface area contributed by atoms with E-state index in [2.05, 4.69) is 15.3 Å². The van der Waals surface area contributed by atoms with Gasteiger partial charge >= 0.3 is 0 Å². The molecule has 0 fully saturated rings. The molecule has 1 amide bonds. The number of benzene rings is 3. The third-order valence-electron chi connectivity index (χ3n) is 6.31. The first-order valence-electron chi connectivity index (χ1n) is 11.9. The number of aromatic nitrogens is 2. The molecule has 186 valence electrons. The van der Waals surface area contributed by atoms with Crippen molar-refractivity contribution in [3.8, 4) is 11.1 Å². The number of nitrogens with zero attached hydrogens (tertiary/aromatic N) is 1. The van der Waals surface area contributed by atoms with Gasteiger partial charge in [0.2, 0.25) is 5.91 Å². The van der Waals surface area contributed by atoms with Gasteiger partial charge in [-0.3, -0.25) is 9.78 Å². The minimum absolute atomic E-state index is 0.00976. The summed E-state index contributed by atoms with van der Waals surface area (Å²) in [7, 11) is 0. The standard InChI is InChI=1S/C30H24F3N3O/c1-18-4-6-20(7-5-18)25-3-2-10-34-30(25)28(13-19-11-23(32)15-24(33)12-19)36-29(37)14-21-17-35-27-9-8-22(31)16-26(21)27/h2-12,15-17,28,35H,13-14H2,1H3,(H,36,37)/t28-/m0/s1. The quantitative estimate of drug-likeness (QED) is 0.265. The molecule has 2 heterocycles. The van der Waals surface area contributed by atoms with Crippen LogP contribution >= 0.6 is 0 Å². The van der Waals surface area contributed by atoms with Crippen molar-refractivity contribution in [2.45, 2.75) is 25.8 Å². The minimum atomic E-state index is -0.694. The fraction of sp³-hybridized carbons (Fsp3) is 0.133. The molecule has 0 aliphatic rings. The zero-order valence-electron chi connectivity index (χ0n) is 20.1. The summed E-state index contributed by atoms with van der Waals surface area (Å²) in [6.45, 7) is 1.99. The van der Waals surface area contributed by atoms with Crippen LogP contribution in [0.1, 0.15) is 28.4 Å². The second-order valence-corrected chi connectivity index (χ2v) is 9.08. The van der Waals surface area contributed by atoms with E-state index in [0.29, 0.717) is 22.2 Å². The molecular weight excluding hydrogens is 475 g/mol. The molecule has 4 nitrogen and oxygen atoms in total. The fourth-order valence-corrected chi connectivity index (χ4v) is 4.57. The summed E-state index contributed by atoms with van der Waals surface area (Å²) < 4.78 is 41.8. The van der Waals surface area contributed by atoms with Gasteiger partial charge in [0.15, 0.2) is 0 Å². The van der Waals surface area contributed by atoms with Crippen LogP contribution < -0.4 is 5.32 Å². The number of hydrogen-bond acceptors (Lipinski definition) is 2. The molecule has 37 heavy (non-hydrogen) atoms. The molecule has 5 aromatic rings. The summed E-state index contributed by atoms with van der Waals surface area (Å²) >= 11 is 0. The molecule has 0 aliphatic carbocycles. The van der Waals surface area contributed by atoms with Crippen molar-refractivity contribution in [3.63, 3.8) is 0 Å². The lowest BCUT2D eigenvalue weighted by Gasteiger charge is -2.22. The molecule has 7 heteroatoms. The normalized spacial score (nSPS) is 12.0. The molecule has 0 saturated carbocycles. The average molecular weight is 500 g/mol. The summed E-state index contributed by atoms with van der Waals surface area (Å²) in [6.07, 6.45) is 3.42. The minimum Gasteiger partial charge on any atom is -0.361 e. The van der Waals surface area contributed by atoms with Crippen molar-refractivity contribution < 1.29 is 18.0 Å². The molecule has 0 saturated heterocycles. The van der Waals surface area contributed by atoms with Gasteiger partial charge in [0.05, 0.1) is 18.2 Å². The predicted molar refractivity (Wildman–Crippen MR) is 137 cm³/mol. The van der Waals surface area contributed by atoms with E-state index in [9.17, 15) is 18.0 Å². The van der Waals surface area contributed by atoms with Gasteiger partial charge in [0, 0.05) is 34.9 Å². The van der Waals surface area contributed by atoms with Crippen LogP contribution in [0.4, 0.5) is 13.2 Å². The number of hydrogen-bond donors (Lipinski definition) is 2. The number of halogens is 3. The maximum Gasteiger partial charge on any atom is 0.225 e. The van der Waals surface area contributed by atoms with Crippen LogP contribution in [0.2, 0.25) is 0 Å². The number of fused-ring (bicyclic) bond motifs is 1. The average Bonchev–Trinajstić information content (AvgIpc) is 3.25. The number of carbonyl (C=O) groups is 1. The van der Waals surface area contributed by atoms with Crippen molar-refractivity contribution in [3.05, 3.63) is 125 Å². The molecule has 3 aromatic carbocycles. The first-order valence-corrected chi connectivity index (χ1v) is 11.9. The topological polar surface area (TPSA) is 57.8 Å². The Morgan fingerprint density at radius 1 is 0.946 bits per heavy atom. The predicted octanol–water partition coefficient (Wildman–Crippen LogP) is 6.60. The first kappa shape index (κ1) is 24.3. The van der Waals surface area contributed by atoms with Gasteiger partial charge in [0.25, 0.3) is 0 Å². The molecule has 1 atom stereocenters. The van der Waals surface area contributed by atoms with Gasteiger partial charge in [-0.2, -0.15) is 0 Å². The van der Waals surface area contributed by atoms with Gasteiger partial charge < -0.3 is 10.3 Å². The number of rotatable bonds is 7. The highest BCUT2D eigenvalue weighted by molar-refractivity contribution is 5.89. The molecule has 2 aromatic heterocycles. The number of amides is 1. The number of aryl methyl sites for hydroxylation is 1. The second-order valence-electron chi connectivity index (χ2n) is 9.08. The van der Waals surface area contributed by atoms with Crippen molar-refractivity contribution in [2.75, 3.05) is 0 Å². The molecule has 0 unspecified atom stereocenters. The van der Waals surface area contributed by atoms with Crippen molar-refractivity contribution >= 4 is 16.8 Å². The van der Waals surface area contributed by atoms with Crippen LogP contribution in [0.5, 0.6) is 0 Å². The van der Waals surface area contributed by atoms with Crippen molar-refractivity contribution in [2.24, 2.45) is 0 Å². The number of carbonyl (C=O) groups excluding carboxylic acids is 1. The van der Waals surface area contributed by atoms with E-state index < -0.39 is 23.5 Å². The van der Waals surface area contributed by atoms with E-state index in [1.165, 1.54) is 24.3 Å². The van der Waals surface area contributed by atoms with Crippen molar-refractivity contribution in [1.29, 1.82) is 0 Å². The summed E-state index contributed by atoms with van der Waals surface area (Å²) in [4.78, 5) is 20.9. The Kier molecular flexibility index (Phi) is 6.77. The highest BCUT2D eigenvalue weighted by Gasteiger charge is 2.22. The van der Waals surface area contributed by atoms with Crippen molar-refractivity contribution in [1.82, 2.24) is 15.3 Å². The van der Waals surface area contributed by atoms with E-state index in [0.717, 1.165) is 28.3 Å². The smallest absolute Gasteiger partial charge is 0.225 e. The SMILES string of the molecule is Cc1ccc(-c2cccnc2[C@H](Cc2cc(F)cc(F)c2)NC(=O)Cc2c[nH]c3ccc(F)cc23)cc1. The zero-order valence-corrected chi connectivity index (χ0v) is 20.1. The van der Waals surface area contributed by atoms with Crippen LogP contribution in [-0.4, -0.2) is 15.9 Å². The second kappa shape index (κ2) is 10.3. The van der Waals surface area contributed by atoms with E-state index >= 15 is 0 Å². The Morgan fingerprint density at radius 2 is 1.70 bits per heavy atom. The van der Waals surface area contributed by atoms with Gasteiger partial charge in [-0.05, 0) is 66.4 Å². The lowest BCUT2D eigenvalue weighted by Crippen LogP contribution is -2.32. The molecule has 0 radical (unpaired) electrons. The molecule has 2 N–H and O–H groups in total. The summed E-state index contributed by atoms with van der Waals surface area (Å²) in [5.74, 6) is -2.11. The van der Waals surface area contributed by atoms with Crippen LogP contribution in [0.3, 0.4) is 0 Å². The fourth-order valence-electron chi connectivity index (χ4n) is 4.57. The Hall–Kier alpha value is -4.39. The lowest BCUT2D eigenvalue weighted by molar-refractivity contribution is -0.121. The molecular formula is C30H24F3N3O. The first-order chi connectivity index (χ1) is 17.9. The maximum absolute atomic E-state index is 14.0. The van der Waals surface area contributed by atoms with E-state index in [-0.39, 0.29) is 18.7 Å². The third-order valence-corrected chi connectivity index (χ3v) is 6.31. The Morgan fingerprint density at radius 3 is 2.46 bits per heavy atom. The van der Waals surface area contributed by atoms with Crippen LogP contribution in [0, 0.1) is 24.4 Å². The molecule has 0 bridgehead atoms. The van der Waals surface area contributed by atoms with Gasteiger partial charge in [0.1, 0.15) is 17.5 Å². The highest BCUT2D eigenvalue weighted by atomic mass is 19.1. The summed E-state index contributed by atoms with van der Waals surface area (Å²) in [6, 6.07) is 18.6. The molecule has 0 aliphatic heterocycles. The summed E-state index contributed by atoms with van der Waals surface area (Å²) in [5.41, 5.74) is 5.14. The van der Waals surface area contributed by atoms with E-state index in [1.54, 1.807) is 24.5 Å². The highest BCUT2D eigenvalue weighted by Crippen LogP contribution is 2.30. The zero-order chi connectivity index (χ0) is 25.9. The van der Waals surface area contributed by atoms with Crippen LogP contribution in [-0.2, 0) is 17.6 Å². The molecule has 5 rings (SSSR count). The van der Waals surface area contributed by atoms with E-state index in [4.69, 9.17) is 0 Å². The number of H-pyrrole nitrogens is 1. The Labute approximate surface area is 212 Å².